The van der Waals surface area contributed by atoms with Crippen molar-refractivity contribution in [3.05, 3.63) is 131 Å². The van der Waals surface area contributed by atoms with E-state index < -0.39 is 23.5 Å². The van der Waals surface area contributed by atoms with E-state index in [1.165, 1.54) is 24.3 Å². The quantitative estimate of drug-likeness (QED) is 0.108. The van der Waals surface area contributed by atoms with Gasteiger partial charge in [-0.15, -0.1) is 0 Å². The molecule has 10 heteroatoms. The summed E-state index contributed by atoms with van der Waals surface area (Å²) in [6.45, 7) is 6.39. The third-order valence-electron chi connectivity index (χ3n) is 7.95. The molecule has 4 nitrogen and oxygen atoms in total. The molecule has 0 aliphatic rings. The van der Waals surface area contributed by atoms with Gasteiger partial charge in [0.15, 0.2) is 0 Å². The molecule has 2 atom stereocenters. The van der Waals surface area contributed by atoms with Crippen molar-refractivity contribution in [1.82, 2.24) is 9.80 Å². The molecule has 0 radical (unpaired) electrons. The summed E-state index contributed by atoms with van der Waals surface area (Å²) in [7, 11) is 0. The van der Waals surface area contributed by atoms with Gasteiger partial charge >= 0.3 is 12.4 Å². The Bertz CT molecular complexity index is 1310. The van der Waals surface area contributed by atoms with Crippen molar-refractivity contribution >= 4 is 11.4 Å². The summed E-state index contributed by atoms with van der Waals surface area (Å²) in [5.74, 6) is 0. The van der Waals surface area contributed by atoms with E-state index in [2.05, 4.69) is 34.3 Å². The number of nitrogens with one attached hydrogen (secondary N) is 2. The molecule has 4 aromatic carbocycles. The molecule has 0 spiro atoms. The van der Waals surface area contributed by atoms with E-state index in [1.54, 1.807) is 0 Å². The van der Waals surface area contributed by atoms with Crippen LogP contribution in [0.15, 0.2) is 109 Å². The van der Waals surface area contributed by atoms with Gasteiger partial charge in [-0.3, -0.25) is 9.80 Å². The molecule has 0 saturated heterocycles. The molecule has 0 fully saturated rings. The van der Waals surface area contributed by atoms with Crippen molar-refractivity contribution < 1.29 is 26.3 Å². The third kappa shape index (κ3) is 9.99. The van der Waals surface area contributed by atoms with Crippen LogP contribution in [-0.2, 0) is 12.4 Å². The van der Waals surface area contributed by atoms with Crippen molar-refractivity contribution in [2.45, 2.75) is 44.7 Å². The lowest BCUT2D eigenvalue weighted by Crippen LogP contribution is -2.37. The lowest BCUT2D eigenvalue weighted by molar-refractivity contribution is -0.138. The molecule has 0 aliphatic carbocycles. The third-order valence-corrected chi connectivity index (χ3v) is 7.95. The van der Waals surface area contributed by atoms with Gasteiger partial charge < -0.3 is 10.6 Å². The fourth-order valence-electron chi connectivity index (χ4n) is 5.12. The molecular weight excluding hydrogens is 590 g/mol. The number of benzene rings is 4. The van der Waals surface area contributed by atoms with E-state index in [1.807, 2.05) is 60.7 Å². The minimum atomic E-state index is -4.39. The largest absolute Gasteiger partial charge is 0.416 e. The van der Waals surface area contributed by atoms with Crippen LogP contribution in [0.4, 0.5) is 37.7 Å². The summed E-state index contributed by atoms with van der Waals surface area (Å²) in [5, 5.41) is 6.55. The van der Waals surface area contributed by atoms with Crippen LogP contribution in [-0.4, -0.2) is 36.2 Å². The van der Waals surface area contributed by atoms with Gasteiger partial charge in [0.05, 0.1) is 24.5 Å². The molecular formula is C35H38F6N4. The fraction of sp³-hybridized carbons (Fsp3) is 0.314. The molecule has 4 aromatic rings. The molecule has 4 rings (SSSR count). The first kappa shape index (κ1) is 33.9. The highest BCUT2D eigenvalue weighted by Crippen LogP contribution is 2.31. The zero-order chi connectivity index (χ0) is 32.5. The monoisotopic (exact) mass is 628 g/mol. The SMILES string of the molecule is C[C@H](c1ccccc1)N(CCCN(CNc1ccc(C(F)(F)F)cc1)[C@H](C)c1ccccc1)CNc1ccc(C(F)(F)F)cc1. The van der Waals surface area contributed by atoms with Crippen LogP contribution in [0.3, 0.4) is 0 Å². The number of nitrogens with zero attached hydrogens (tertiary/aromatic N) is 2. The Hall–Kier alpha value is -4.02. The maximum Gasteiger partial charge on any atom is 0.416 e. The lowest BCUT2D eigenvalue weighted by Gasteiger charge is -2.33. The standard InChI is InChI=1S/C35H38F6N4/c1-26(28-10-5-3-6-11-28)44(24-42-32-18-14-30(15-19-32)34(36,37)38)22-9-23-45(27(2)29-12-7-4-8-13-29)25-43-33-20-16-31(17-21-33)35(39,40)41/h3-8,10-21,26-27,42-43H,9,22-25H2,1-2H3/t26-,27-/m1/s1. The van der Waals surface area contributed by atoms with Crippen molar-refractivity contribution in [3.8, 4) is 0 Å². The Morgan fingerprint density at radius 3 is 1.16 bits per heavy atom. The Balaban J connectivity index is 1.45. The van der Waals surface area contributed by atoms with E-state index in [0.29, 0.717) is 37.8 Å². The number of hydrogen-bond acceptors (Lipinski definition) is 4. The topological polar surface area (TPSA) is 30.5 Å². The van der Waals surface area contributed by atoms with Crippen LogP contribution < -0.4 is 10.6 Å². The van der Waals surface area contributed by atoms with Gasteiger partial charge in [0, 0.05) is 36.5 Å². The minimum Gasteiger partial charge on any atom is -0.372 e. The van der Waals surface area contributed by atoms with Crippen molar-refractivity contribution in [2.24, 2.45) is 0 Å². The average molecular weight is 629 g/mol. The maximum atomic E-state index is 13.0. The summed E-state index contributed by atoms with van der Waals surface area (Å²) >= 11 is 0. The van der Waals surface area contributed by atoms with E-state index in [0.717, 1.165) is 41.8 Å². The van der Waals surface area contributed by atoms with Crippen LogP contribution in [0.25, 0.3) is 0 Å². The van der Waals surface area contributed by atoms with Gasteiger partial charge in [0.25, 0.3) is 0 Å². The molecule has 0 heterocycles. The Labute approximate surface area is 260 Å². The second-order valence-electron chi connectivity index (χ2n) is 11.0. The highest BCUT2D eigenvalue weighted by atomic mass is 19.4. The molecule has 45 heavy (non-hydrogen) atoms. The van der Waals surface area contributed by atoms with Gasteiger partial charge in [-0.2, -0.15) is 26.3 Å². The van der Waals surface area contributed by atoms with Gasteiger partial charge in [-0.05, 0) is 79.9 Å². The first-order chi connectivity index (χ1) is 21.4. The molecule has 240 valence electrons. The first-order valence-corrected chi connectivity index (χ1v) is 14.8. The van der Waals surface area contributed by atoms with E-state index in [9.17, 15) is 26.3 Å². The van der Waals surface area contributed by atoms with Crippen LogP contribution in [0.5, 0.6) is 0 Å². The normalized spacial score (nSPS) is 13.6. The van der Waals surface area contributed by atoms with Crippen molar-refractivity contribution in [1.29, 1.82) is 0 Å². The second-order valence-corrected chi connectivity index (χ2v) is 11.0. The predicted molar refractivity (Wildman–Crippen MR) is 168 cm³/mol. The first-order valence-electron chi connectivity index (χ1n) is 14.8. The molecule has 0 bridgehead atoms. The number of hydrogen-bond donors (Lipinski definition) is 2. The summed E-state index contributed by atoms with van der Waals surface area (Å²) in [5.41, 5.74) is 2.03. The molecule has 2 N–H and O–H groups in total. The molecule has 0 amide bonds. The van der Waals surface area contributed by atoms with Gasteiger partial charge in [-0.25, -0.2) is 0 Å². The maximum absolute atomic E-state index is 13.0. The summed E-state index contributed by atoms with van der Waals surface area (Å²) in [6, 6.07) is 30.1. The summed E-state index contributed by atoms with van der Waals surface area (Å²) < 4.78 is 78.2. The number of rotatable bonds is 14. The second kappa shape index (κ2) is 15.3. The fourth-order valence-corrected chi connectivity index (χ4v) is 5.12. The summed E-state index contributed by atoms with van der Waals surface area (Å²) in [6.07, 6.45) is -8.02. The average Bonchev–Trinajstić information content (AvgIpc) is 3.04. The Kier molecular flexibility index (Phi) is 11.5. The highest BCUT2D eigenvalue weighted by Gasteiger charge is 2.31. The van der Waals surface area contributed by atoms with Gasteiger partial charge in [-0.1, -0.05) is 60.7 Å². The van der Waals surface area contributed by atoms with Crippen LogP contribution in [0, 0.1) is 0 Å². The number of halogens is 6. The van der Waals surface area contributed by atoms with E-state index in [-0.39, 0.29) is 12.1 Å². The molecule has 0 saturated carbocycles. The Morgan fingerprint density at radius 2 is 0.844 bits per heavy atom. The van der Waals surface area contributed by atoms with Crippen LogP contribution >= 0.6 is 0 Å². The zero-order valence-corrected chi connectivity index (χ0v) is 25.2. The smallest absolute Gasteiger partial charge is 0.372 e. The van der Waals surface area contributed by atoms with Crippen LogP contribution in [0.1, 0.15) is 54.6 Å². The highest BCUT2D eigenvalue weighted by molar-refractivity contribution is 5.46. The van der Waals surface area contributed by atoms with Gasteiger partial charge in [0.1, 0.15) is 0 Å². The molecule has 0 unspecified atom stereocenters. The number of anilines is 2. The van der Waals surface area contributed by atoms with E-state index >= 15 is 0 Å². The lowest BCUT2D eigenvalue weighted by atomic mass is 10.1. The zero-order valence-electron chi connectivity index (χ0n) is 25.2. The molecule has 0 aromatic heterocycles. The summed E-state index contributed by atoms with van der Waals surface area (Å²) in [4.78, 5) is 4.48. The van der Waals surface area contributed by atoms with Crippen LogP contribution in [0.2, 0.25) is 0 Å². The van der Waals surface area contributed by atoms with Crippen molar-refractivity contribution in [2.75, 3.05) is 37.1 Å². The minimum absolute atomic E-state index is 0.0263. The van der Waals surface area contributed by atoms with E-state index in [4.69, 9.17) is 0 Å². The molecule has 0 aliphatic heterocycles. The van der Waals surface area contributed by atoms with Crippen molar-refractivity contribution in [3.63, 3.8) is 0 Å². The Morgan fingerprint density at radius 1 is 0.511 bits per heavy atom. The predicted octanol–water partition coefficient (Wildman–Crippen LogP) is 9.68. The van der Waals surface area contributed by atoms with Gasteiger partial charge in [0.2, 0.25) is 0 Å². The number of alkyl halides is 6.